The Kier molecular flexibility index (Phi) is 5.64. The van der Waals surface area contributed by atoms with Crippen LogP contribution in [0.5, 0.6) is 0 Å². The van der Waals surface area contributed by atoms with E-state index in [-0.39, 0.29) is 5.91 Å². The number of nitrogens with one attached hydrogen (secondary N) is 1. The fourth-order valence-electron chi connectivity index (χ4n) is 1.67. The molecule has 0 aliphatic heterocycles. The summed E-state index contributed by atoms with van der Waals surface area (Å²) in [4.78, 5) is 12.0. The number of ether oxygens (including phenoxy) is 1. The van der Waals surface area contributed by atoms with E-state index in [4.69, 9.17) is 10.5 Å². The standard InChI is InChI=1S/C12H22N4O2/c1-4-16-11(10(13)9(3)15-16)12(17)14-7-6-8-18-5-2/h4-8,13H2,1-3H3,(H,14,17). The van der Waals surface area contributed by atoms with E-state index in [0.29, 0.717) is 43.4 Å². The van der Waals surface area contributed by atoms with Gasteiger partial charge in [0.15, 0.2) is 0 Å². The quantitative estimate of drug-likeness (QED) is 0.710. The van der Waals surface area contributed by atoms with E-state index in [9.17, 15) is 4.79 Å². The van der Waals surface area contributed by atoms with Gasteiger partial charge in [-0.1, -0.05) is 0 Å². The molecule has 1 heterocycles. The summed E-state index contributed by atoms with van der Waals surface area (Å²) in [6.45, 7) is 8.22. The number of carbonyl (C=O) groups excluding carboxylic acids is 1. The van der Waals surface area contributed by atoms with Crippen molar-refractivity contribution in [2.45, 2.75) is 33.7 Å². The minimum Gasteiger partial charge on any atom is -0.395 e. The molecule has 102 valence electrons. The zero-order chi connectivity index (χ0) is 13.5. The number of nitrogens with two attached hydrogens (primary N) is 1. The van der Waals surface area contributed by atoms with Crippen molar-refractivity contribution >= 4 is 11.6 Å². The molecule has 1 amide bonds. The van der Waals surface area contributed by atoms with Crippen molar-refractivity contribution in [1.29, 1.82) is 0 Å². The van der Waals surface area contributed by atoms with Crippen molar-refractivity contribution < 1.29 is 9.53 Å². The number of aryl methyl sites for hydroxylation is 2. The second-order valence-electron chi connectivity index (χ2n) is 3.97. The summed E-state index contributed by atoms with van der Waals surface area (Å²) >= 11 is 0. The highest BCUT2D eigenvalue weighted by atomic mass is 16.5. The van der Waals surface area contributed by atoms with Gasteiger partial charge in [0.1, 0.15) is 5.69 Å². The van der Waals surface area contributed by atoms with Gasteiger partial charge in [-0.15, -0.1) is 0 Å². The number of amides is 1. The molecule has 0 aliphatic carbocycles. The lowest BCUT2D eigenvalue weighted by Gasteiger charge is -2.07. The predicted octanol–water partition coefficient (Wildman–Crippen LogP) is 0.950. The van der Waals surface area contributed by atoms with Gasteiger partial charge in [0.2, 0.25) is 0 Å². The van der Waals surface area contributed by atoms with Gasteiger partial charge in [-0.05, 0) is 27.2 Å². The molecule has 0 bridgehead atoms. The van der Waals surface area contributed by atoms with E-state index in [0.717, 1.165) is 6.42 Å². The Hall–Kier alpha value is -1.56. The molecule has 0 unspecified atom stereocenters. The molecule has 0 aromatic carbocycles. The number of anilines is 1. The van der Waals surface area contributed by atoms with Crippen molar-refractivity contribution in [1.82, 2.24) is 15.1 Å². The third kappa shape index (κ3) is 3.46. The van der Waals surface area contributed by atoms with Crippen LogP contribution in [0.25, 0.3) is 0 Å². The van der Waals surface area contributed by atoms with Crippen LogP contribution in [0.4, 0.5) is 5.69 Å². The van der Waals surface area contributed by atoms with E-state index in [2.05, 4.69) is 10.4 Å². The van der Waals surface area contributed by atoms with Crippen LogP contribution in [0.1, 0.15) is 36.5 Å². The molecule has 1 rings (SSSR count). The maximum absolute atomic E-state index is 12.0. The lowest BCUT2D eigenvalue weighted by atomic mass is 10.3. The highest BCUT2D eigenvalue weighted by molar-refractivity contribution is 5.97. The first-order valence-corrected chi connectivity index (χ1v) is 6.30. The first kappa shape index (κ1) is 14.5. The Morgan fingerprint density at radius 2 is 2.22 bits per heavy atom. The van der Waals surface area contributed by atoms with E-state index in [1.54, 1.807) is 11.6 Å². The second kappa shape index (κ2) is 7.00. The van der Waals surface area contributed by atoms with Crippen LogP contribution in [-0.2, 0) is 11.3 Å². The molecule has 1 aromatic heterocycles. The molecule has 6 heteroatoms. The summed E-state index contributed by atoms with van der Waals surface area (Å²) in [7, 11) is 0. The summed E-state index contributed by atoms with van der Waals surface area (Å²) < 4.78 is 6.83. The fraction of sp³-hybridized carbons (Fsp3) is 0.667. The lowest BCUT2D eigenvalue weighted by Crippen LogP contribution is -2.28. The zero-order valence-electron chi connectivity index (χ0n) is 11.3. The largest absolute Gasteiger partial charge is 0.395 e. The molecule has 3 N–H and O–H groups in total. The van der Waals surface area contributed by atoms with Gasteiger partial charge in [0.05, 0.1) is 11.4 Å². The van der Waals surface area contributed by atoms with Gasteiger partial charge in [0, 0.05) is 26.3 Å². The number of nitrogen functional groups attached to an aromatic ring is 1. The van der Waals surface area contributed by atoms with Crippen LogP contribution in [-0.4, -0.2) is 35.4 Å². The van der Waals surface area contributed by atoms with Crippen LogP contribution in [0.3, 0.4) is 0 Å². The van der Waals surface area contributed by atoms with Gasteiger partial charge in [-0.3, -0.25) is 9.48 Å². The number of nitrogens with zero attached hydrogens (tertiary/aromatic N) is 2. The molecule has 18 heavy (non-hydrogen) atoms. The molecule has 0 atom stereocenters. The average Bonchev–Trinajstić information content (AvgIpc) is 2.65. The van der Waals surface area contributed by atoms with Gasteiger partial charge in [-0.25, -0.2) is 0 Å². The second-order valence-corrected chi connectivity index (χ2v) is 3.97. The van der Waals surface area contributed by atoms with Crippen LogP contribution in [0.15, 0.2) is 0 Å². The molecule has 0 aliphatic rings. The van der Waals surface area contributed by atoms with Crippen molar-refractivity contribution in [2.75, 3.05) is 25.5 Å². The number of rotatable bonds is 7. The van der Waals surface area contributed by atoms with Crippen molar-refractivity contribution in [3.63, 3.8) is 0 Å². The minimum atomic E-state index is -0.175. The smallest absolute Gasteiger partial charge is 0.271 e. The molecule has 0 saturated carbocycles. The Labute approximate surface area is 107 Å². The van der Waals surface area contributed by atoms with E-state index in [1.807, 2.05) is 13.8 Å². The summed E-state index contributed by atoms with van der Waals surface area (Å²) in [6.07, 6.45) is 0.790. The topological polar surface area (TPSA) is 82.2 Å². The summed E-state index contributed by atoms with van der Waals surface area (Å²) in [5.41, 5.74) is 7.46. The van der Waals surface area contributed by atoms with E-state index in [1.165, 1.54) is 0 Å². The maximum Gasteiger partial charge on any atom is 0.271 e. The molecule has 1 aromatic rings. The first-order chi connectivity index (χ1) is 8.61. The Bertz CT molecular complexity index is 401. The Balaban J connectivity index is 2.56. The van der Waals surface area contributed by atoms with Gasteiger partial charge < -0.3 is 15.8 Å². The summed E-state index contributed by atoms with van der Waals surface area (Å²) in [5.74, 6) is -0.175. The predicted molar refractivity (Wildman–Crippen MR) is 70.5 cm³/mol. The average molecular weight is 254 g/mol. The third-order valence-corrected chi connectivity index (χ3v) is 2.64. The molecular formula is C12H22N4O2. The highest BCUT2D eigenvalue weighted by Crippen LogP contribution is 2.15. The van der Waals surface area contributed by atoms with Gasteiger partial charge in [-0.2, -0.15) is 5.10 Å². The third-order valence-electron chi connectivity index (χ3n) is 2.64. The zero-order valence-corrected chi connectivity index (χ0v) is 11.3. The summed E-state index contributed by atoms with van der Waals surface area (Å²) in [5, 5.41) is 7.04. The van der Waals surface area contributed by atoms with Crippen LogP contribution < -0.4 is 11.1 Å². The Morgan fingerprint density at radius 3 is 2.83 bits per heavy atom. The highest BCUT2D eigenvalue weighted by Gasteiger charge is 2.18. The van der Waals surface area contributed by atoms with Crippen LogP contribution in [0.2, 0.25) is 0 Å². The van der Waals surface area contributed by atoms with Crippen LogP contribution >= 0.6 is 0 Å². The van der Waals surface area contributed by atoms with E-state index < -0.39 is 0 Å². The normalized spacial score (nSPS) is 10.6. The molecule has 6 nitrogen and oxygen atoms in total. The number of carbonyl (C=O) groups is 1. The molecule has 0 radical (unpaired) electrons. The van der Waals surface area contributed by atoms with Crippen molar-refractivity contribution in [3.8, 4) is 0 Å². The molecular weight excluding hydrogens is 232 g/mol. The van der Waals surface area contributed by atoms with Crippen molar-refractivity contribution in [3.05, 3.63) is 11.4 Å². The number of hydrogen-bond donors (Lipinski definition) is 2. The lowest BCUT2D eigenvalue weighted by molar-refractivity contribution is 0.0934. The molecule has 0 saturated heterocycles. The number of hydrogen-bond acceptors (Lipinski definition) is 4. The molecule has 0 fully saturated rings. The Morgan fingerprint density at radius 1 is 1.50 bits per heavy atom. The van der Waals surface area contributed by atoms with Crippen molar-refractivity contribution in [2.24, 2.45) is 0 Å². The SMILES string of the molecule is CCOCCCNC(=O)c1c(N)c(C)nn1CC. The monoisotopic (exact) mass is 254 g/mol. The number of aromatic nitrogens is 2. The fourth-order valence-corrected chi connectivity index (χ4v) is 1.67. The molecule has 0 spiro atoms. The first-order valence-electron chi connectivity index (χ1n) is 6.30. The van der Waals surface area contributed by atoms with Gasteiger partial charge in [0.25, 0.3) is 5.91 Å². The summed E-state index contributed by atoms with van der Waals surface area (Å²) in [6, 6.07) is 0. The minimum absolute atomic E-state index is 0.175. The van der Waals surface area contributed by atoms with Crippen LogP contribution in [0, 0.1) is 6.92 Å². The maximum atomic E-state index is 12.0. The van der Waals surface area contributed by atoms with Gasteiger partial charge >= 0.3 is 0 Å². The van der Waals surface area contributed by atoms with E-state index >= 15 is 0 Å².